The van der Waals surface area contributed by atoms with Gasteiger partial charge in [0.05, 0.1) is 11.6 Å². The Morgan fingerprint density at radius 3 is 2.65 bits per heavy atom. The second-order valence-corrected chi connectivity index (χ2v) is 4.73. The van der Waals surface area contributed by atoms with Crippen LogP contribution in [0.25, 0.3) is 10.9 Å². The smallest absolute Gasteiger partial charge is 0.176 e. The number of para-hydroxylation sites is 1. The maximum Gasteiger partial charge on any atom is 0.176 e. The van der Waals surface area contributed by atoms with Crippen molar-refractivity contribution < 1.29 is 9.47 Å². The summed E-state index contributed by atoms with van der Waals surface area (Å²) in [5, 5.41) is 4.59. The van der Waals surface area contributed by atoms with Crippen molar-refractivity contribution in [3.05, 3.63) is 42.1 Å². The third kappa shape index (κ3) is 3.33. The molecule has 4 heteroatoms. The number of fused-ring (bicyclic) bond motifs is 1. The second-order valence-electron chi connectivity index (χ2n) is 4.73. The van der Waals surface area contributed by atoms with E-state index in [1.165, 1.54) is 0 Å². The molecule has 0 bridgehead atoms. The molecule has 1 N–H and O–H groups in total. The number of nitrogens with one attached hydrogen (secondary N) is 1. The van der Waals surface area contributed by atoms with Crippen LogP contribution < -0.4 is 5.32 Å². The van der Waals surface area contributed by atoms with Crippen LogP contribution in [0.4, 0.5) is 0 Å². The highest BCUT2D eigenvalue weighted by atomic mass is 16.7. The van der Waals surface area contributed by atoms with Gasteiger partial charge in [0.15, 0.2) is 6.29 Å². The predicted octanol–water partition coefficient (Wildman–Crippen LogP) is 2.89. The quantitative estimate of drug-likeness (QED) is 0.788. The van der Waals surface area contributed by atoms with Crippen LogP contribution in [0.15, 0.2) is 36.5 Å². The number of nitrogens with zero attached hydrogens (tertiary/aromatic N) is 1. The summed E-state index contributed by atoms with van der Waals surface area (Å²) in [7, 11) is 3.31. The van der Waals surface area contributed by atoms with E-state index in [9.17, 15) is 0 Å². The summed E-state index contributed by atoms with van der Waals surface area (Å²) in [4.78, 5) is 4.51. The standard InChI is InChI=1S/C16H22N2O2/c1-4-9-17-15(16(19-2)20-3)13-10-12-7-5-6-8-14(12)18-11-13/h5-8,10-11,15-17H,4,9H2,1-3H3. The van der Waals surface area contributed by atoms with E-state index < -0.39 is 0 Å². The average molecular weight is 274 g/mol. The first kappa shape index (κ1) is 14.9. The minimum absolute atomic E-state index is 0.0259. The van der Waals surface area contributed by atoms with Crippen LogP contribution in [0.3, 0.4) is 0 Å². The van der Waals surface area contributed by atoms with E-state index in [4.69, 9.17) is 9.47 Å². The van der Waals surface area contributed by atoms with Crippen molar-refractivity contribution in [3.63, 3.8) is 0 Å². The van der Waals surface area contributed by atoms with Crippen molar-refractivity contribution in [1.82, 2.24) is 10.3 Å². The summed E-state index contributed by atoms with van der Waals surface area (Å²) >= 11 is 0. The Kier molecular flexibility index (Phi) is 5.47. The maximum atomic E-state index is 5.41. The molecule has 0 saturated carbocycles. The van der Waals surface area contributed by atoms with Gasteiger partial charge < -0.3 is 14.8 Å². The van der Waals surface area contributed by atoms with E-state index in [-0.39, 0.29) is 12.3 Å². The van der Waals surface area contributed by atoms with Gasteiger partial charge >= 0.3 is 0 Å². The molecule has 2 aromatic rings. The number of methoxy groups -OCH3 is 2. The lowest BCUT2D eigenvalue weighted by Crippen LogP contribution is -2.35. The molecule has 1 heterocycles. The van der Waals surface area contributed by atoms with Crippen molar-refractivity contribution >= 4 is 10.9 Å². The zero-order chi connectivity index (χ0) is 14.4. The number of pyridine rings is 1. The van der Waals surface area contributed by atoms with Crippen LogP contribution in [0.2, 0.25) is 0 Å². The van der Waals surface area contributed by atoms with E-state index in [2.05, 4.69) is 29.4 Å². The third-order valence-corrected chi connectivity index (χ3v) is 3.32. The van der Waals surface area contributed by atoms with Gasteiger partial charge in [-0.15, -0.1) is 0 Å². The highest BCUT2D eigenvalue weighted by molar-refractivity contribution is 5.78. The lowest BCUT2D eigenvalue weighted by atomic mass is 10.1. The lowest BCUT2D eigenvalue weighted by molar-refractivity contribution is -0.124. The molecule has 0 saturated heterocycles. The molecule has 2 rings (SSSR count). The molecule has 0 spiro atoms. The largest absolute Gasteiger partial charge is 0.354 e. The topological polar surface area (TPSA) is 43.4 Å². The molecule has 20 heavy (non-hydrogen) atoms. The van der Waals surface area contributed by atoms with Crippen LogP contribution in [-0.4, -0.2) is 32.0 Å². The summed E-state index contributed by atoms with van der Waals surface area (Å²) in [6.45, 7) is 3.04. The molecule has 1 unspecified atom stereocenters. The Bertz CT molecular complexity index is 541. The highest BCUT2D eigenvalue weighted by Crippen LogP contribution is 2.22. The molecule has 0 aliphatic rings. The fourth-order valence-electron chi connectivity index (χ4n) is 2.30. The van der Waals surface area contributed by atoms with Crippen LogP contribution in [0.5, 0.6) is 0 Å². The van der Waals surface area contributed by atoms with Gasteiger partial charge in [0.25, 0.3) is 0 Å². The Balaban J connectivity index is 2.33. The molecular weight excluding hydrogens is 252 g/mol. The van der Waals surface area contributed by atoms with Gasteiger partial charge in [-0.05, 0) is 30.7 Å². The summed E-state index contributed by atoms with van der Waals surface area (Å²) in [6.07, 6.45) is 2.61. The summed E-state index contributed by atoms with van der Waals surface area (Å²) in [5.41, 5.74) is 2.07. The summed E-state index contributed by atoms with van der Waals surface area (Å²) in [5.74, 6) is 0. The van der Waals surface area contributed by atoms with Crippen molar-refractivity contribution in [2.24, 2.45) is 0 Å². The van der Waals surface area contributed by atoms with Crippen LogP contribution in [0, 0.1) is 0 Å². The summed E-state index contributed by atoms with van der Waals surface area (Å²) in [6, 6.07) is 10.2. The third-order valence-electron chi connectivity index (χ3n) is 3.32. The average Bonchev–Trinajstić information content (AvgIpc) is 2.51. The zero-order valence-corrected chi connectivity index (χ0v) is 12.3. The first-order valence-corrected chi connectivity index (χ1v) is 6.93. The van der Waals surface area contributed by atoms with Gasteiger partial charge in [-0.25, -0.2) is 0 Å². The van der Waals surface area contributed by atoms with Crippen molar-refractivity contribution in [1.29, 1.82) is 0 Å². The molecule has 1 aromatic carbocycles. The van der Waals surface area contributed by atoms with Crippen LogP contribution in [0.1, 0.15) is 24.9 Å². The zero-order valence-electron chi connectivity index (χ0n) is 12.3. The predicted molar refractivity (Wildman–Crippen MR) is 80.6 cm³/mol. The van der Waals surface area contributed by atoms with Gasteiger partial charge in [0.2, 0.25) is 0 Å². The Morgan fingerprint density at radius 2 is 1.95 bits per heavy atom. The van der Waals surface area contributed by atoms with E-state index in [0.717, 1.165) is 29.4 Å². The van der Waals surface area contributed by atoms with Gasteiger partial charge in [0.1, 0.15) is 0 Å². The lowest BCUT2D eigenvalue weighted by Gasteiger charge is -2.26. The van der Waals surface area contributed by atoms with Crippen molar-refractivity contribution in [2.45, 2.75) is 25.7 Å². The fourth-order valence-corrected chi connectivity index (χ4v) is 2.30. The summed E-state index contributed by atoms with van der Waals surface area (Å²) < 4.78 is 10.8. The Hall–Kier alpha value is -1.49. The number of hydrogen-bond donors (Lipinski definition) is 1. The second kappa shape index (κ2) is 7.33. The number of ether oxygens (including phenoxy) is 2. The molecule has 0 fully saturated rings. The minimum Gasteiger partial charge on any atom is -0.354 e. The van der Waals surface area contributed by atoms with Gasteiger partial charge in [-0.3, -0.25) is 4.98 Å². The van der Waals surface area contributed by atoms with E-state index in [1.54, 1.807) is 14.2 Å². The van der Waals surface area contributed by atoms with Crippen LogP contribution in [-0.2, 0) is 9.47 Å². The number of aromatic nitrogens is 1. The van der Waals surface area contributed by atoms with Gasteiger partial charge in [0, 0.05) is 25.8 Å². The van der Waals surface area contributed by atoms with Crippen LogP contribution >= 0.6 is 0 Å². The number of hydrogen-bond acceptors (Lipinski definition) is 4. The SMILES string of the molecule is CCCNC(c1cnc2ccccc2c1)C(OC)OC. The molecule has 0 aliphatic heterocycles. The van der Waals surface area contributed by atoms with E-state index in [0.29, 0.717) is 0 Å². The molecule has 1 aromatic heterocycles. The minimum atomic E-state index is -0.329. The number of rotatable bonds is 7. The molecule has 0 amide bonds. The normalized spacial score (nSPS) is 13.0. The molecule has 4 nitrogen and oxygen atoms in total. The maximum absolute atomic E-state index is 5.41. The molecular formula is C16H22N2O2. The Labute approximate surface area is 120 Å². The number of benzene rings is 1. The fraction of sp³-hybridized carbons (Fsp3) is 0.438. The highest BCUT2D eigenvalue weighted by Gasteiger charge is 2.22. The molecule has 0 radical (unpaired) electrons. The van der Waals surface area contributed by atoms with E-state index >= 15 is 0 Å². The van der Waals surface area contributed by atoms with Crippen molar-refractivity contribution in [3.8, 4) is 0 Å². The Morgan fingerprint density at radius 1 is 1.20 bits per heavy atom. The molecule has 0 aliphatic carbocycles. The van der Waals surface area contributed by atoms with Gasteiger partial charge in [-0.1, -0.05) is 25.1 Å². The van der Waals surface area contributed by atoms with Crippen molar-refractivity contribution in [2.75, 3.05) is 20.8 Å². The van der Waals surface area contributed by atoms with E-state index in [1.807, 2.05) is 24.4 Å². The first-order chi connectivity index (χ1) is 9.80. The first-order valence-electron chi connectivity index (χ1n) is 6.93. The monoisotopic (exact) mass is 274 g/mol. The van der Waals surface area contributed by atoms with Gasteiger partial charge in [-0.2, -0.15) is 0 Å². The molecule has 108 valence electrons. The molecule has 1 atom stereocenters.